The Hall–Kier alpha value is -1.84. The van der Waals surface area contributed by atoms with Crippen LogP contribution in [-0.4, -0.2) is 17.0 Å². The quantitative estimate of drug-likeness (QED) is 0.895. The lowest BCUT2D eigenvalue weighted by Crippen LogP contribution is -2.43. The Labute approximate surface area is 125 Å². The summed E-state index contributed by atoms with van der Waals surface area (Å²) in [6.45, 7) is 6.93. The van der Waals surface area contributed by atoms with Crippen molar-refractivity contribution in [3.63, 3.8) is 0 Å². The maximum Gasteiger partial charge on any atom is 0.307 e. The van der Waals surface area contributed by atoms with Gasteiger partial charge in [-0.25, -0.2) is 0 Å². The second-order valence-corrected chi connectivity index (χ2v) is 6.79. The zero-order valence-corrected chi connectivity index (χ0v) is 12.8. The molecule has 1 saturated carbocycles. The van der Waals surface area contributed by atoms with E-state index in [0.717, 1.165) is 5.56 Å². The van der Waals surface area contributed by atoms with Gasteiger partial charge in [0.05, 0.1) is 11.8 Å². The molecule has 1 fully saturated rings. The number of hydrogen-bond acceptors (Lipinski definition) is 2. The second-order valence-electron chi connectivity index (χ2n) is 6.79. The summed E-state index contributed by atoms with van der Waals surface area (Å²) in [5, 5.41) is 11.8. The fraction of sp³-hybridized carbons (Fsp3) is 0.529. The molecule has 114 valence electrons. The molecule has 1 aliphatic rings. The second kappa shape index (κ2) is 5.88. The molecule has 0 saturated heterocycles. The zero-order chi connectivity index (χ0) is 15.6. The average Bonchev–Trinajstić information content (AvgIpc) is 2.33. The smallest absolute Gasteiger partial charge is 0.307 e. The van der Waals surface area contributed by atoms with Crippen LogP contribution < -0.4 is 5.32 Å². The Morgan fingerprint density at radius 1 is 1.14 bits per heavy atom. The molecule has 0 heterocycles. The van der Waals surface area contributed by atoms with Gasteiger partial charge in [0.25, 0.3) is 0 Å². The van der Waals surface area contributed by atoms with E-state index in [0.29, 0.717) is 19.4 Å². The number of aliphatic carboxylic acids is 1. The molecule has 2 atom stereocenters. The predicted octanol–water partition coefficient (Wildman–Crippen LogP) is 2.71. The Morgan fingerprint density at radius 3 is 2.14 bits per heavy atom. The summed E-state index contributed by atoms with van der Waals surface area (Å²) >= 11 is 0. The fourth-order valence-electron chi connectivity index (χ4n) is 2.55. The van der Waals surface area contributed by atoms with E-state index in [1.165, 1.54) is 5.56 Å². The molecule has 1 aliphatic carbocycles. The van der Waals surface area contributed by atoms with Gasteiger partial charge >= 0.3 is 5.97 Å². The van der Waals surface area contributed by atoms with Crippen molar-refractivity contribution in [3.05, 3.63) is 35.4 Å². The summed E-state index contributed by atoms with van der Waals surface area (Å²) in [6.07, 6.45) is 1.28. The predicted molar refractivity (Wildman–Crippen MR) is 80.8 cm³/mol. The third-order valence-electron chi connectivity index (χ3n) is 4.22. The molecule has 4 heteroatoms. The van der Waals surface area contributed by atoms with E-state index in [1.807, 2.05) is 12.1 Å². The van der Waals surface area contributed by atoms with Crippen molar-refractivity contribution < 1.29 is 14.7 Å². The van der Waals surface area contributed by atoms with Crippen LogP contribution in [0.4, 0.5) is 0 Å². The van der Waals surface area contributed by atoms with Crippen LogP contribution in [0.5, 0.6) is 0 Å². The molecular formula is C17H23NO3. The number of benzene rings is 1. The minimum atomic E-state index is -0.865. The van der Waals surface area contributed by atoms with Crippen LogP contribution >= 0.6 is 0 Å². The molecule has 0 spiro atoms. The summed E-state index contributed by atoms with van der Waals surface area (Å²) in [4.78, 5) is 22.9. The third-order valence-corrected chi connectivity index (χ3v) is 4.22. The highest BCUT2D eigenvalue weighted by Gasteiger charge is 2.41. The zero-order valence-electron chi connectivity index (χ0n) is 12.8. The summed E-state index contributed by atoms with van der Waals surface area (Å²) in [6, 6.07) is 8.17. The van der Waals surface area contributed by atoms with E-state index < -0.39 is 11.9 Å². The molecule has 2 N–H and O–H groups in total. The molecule has 4 nitrogen and oxygen atoms in total. The Kier molecular flexibility index (Phi) is 4.35. The number of rotatable bonds is 4. The summed E-state index contributed by atoms with van der Waals surface area (Å²) < 4.78 is 0. The molecule has 1 amide bonds. The summed E-state index contributed by atoms with van der Waals surface area (Å²) in [5.74, 6) is -1.88. The first-order valence-corrected chi connectivity index (χ1v) is 7.39. The van der Waals surface area contributed by atoms with Gasteiger partial charge in [-0.15, -0.1) is 0 Å². The topological polar surface area (TPSA) is 66.4 Å². The van der Waals surface area contributed by atoms with Crippen molar-refractivity contribution in [1.29, 1.82) is 0 Å². The van der Waals surface area contributed by atoms with Crippen molar-refractivity contribution >= 4 is 11.9 Å². The molecule has 0 aliphatic heterocycles. The van der Waals surface area contributed by atoms with Crippen LogP contribution in [-0.2, 0) is 21.5 Å². The summed E-state index contributed by atoms with van der Waals surface area (Å²) in [7, 11) is 0. The van der Waals surface area contributed by atoms with Crippen LogP contribution in [0, 0.1) is 11.8 Å². The van der Waals surface area contributed by atoms with Gasteiger partial charge in [-0.3, -0.25) is 9.59 Å². The molecule has 0 bridgehead atoms. The largest absolute Gasteiger partial charge is 0.481 e. The molecule has 2 rings (SSSR count). The van der Waals surface area contributed by atoms with Gasteiger partial charge in [-0.2, -0.15) is 0 Å². The Morgan fingerprint density at radius 2 is 1.71 bits per heavy atom. The molecule has 21 heavy (non-hydrogen) atoms. The first-order valence-electron chi connectivity index (χ1n) is 7.39. The number of hydrogen-bond donors (Lipinski definition) is 2. The Balaban J connectivity index is 1.89. The van der Waals surface area contributed by atoms with Gasteiger partial charge in [0.15, 0.2) is 0 Å². The standard InChI is InChI=1S/C17H23NO3/c1-17(2,3)12-6-4-11(5-7-12)10-18-15(19)13-8-9-14(13)16(20)21/h4-7,13-14H,8-10H2,1-3H3,(H,18,19)(H,20,21). The average molecular weight is 289 g/mol. The minimum Gasteiger partial charge on any atom is -0.481 e. The third kappa shape index (κ3) is 3.63. The fourth-order valence-corrected chi connectivity index (χ4v) is 2.55. The molecule has 2 unspecified atom stereocenters. The number of nitrogens with one attached hydrogen (secondary N) is 1. The van der Waals surface area contributed by atoms with E-state index in [1.54, 1.807) is 0 Å². The van der Waals surface area contributed by atoms with Crippen LogP contribution in [0.3, 0.4) is 0 Å². The first-order chi connectivity index (χ1) is 9.79. The lowest BCUT2D eigenvalue weighted by Gasteiger charge is -2.31. The highest BCUT2D eigenvalue weighted by Crippen LogP contribution is 2.34. The monoisotopic (exact) mass is 289 g/mol. The lowest BCUT2D eigenvalue weighted by atomic mass is 9.73. The van der Waals surface area contributed by atoms with Crippen LogP contribution in [0.15, 0.2) is 24.3 Å². The summed E-state index contributed by atoms with van der Waals surface area (Å²) in [5.41, 5.74) is 2.40. The van der Waals surface area contributed by atoms with Crippen molar-refractivity contribution in [2.24, 2.45) is 11.8 Å². The van der Waals surface area contributed by atoms with Crippen molar-refractivity contribution in [2.75, 3.05) is 0 Å². The molecule has 1 aromatic carbocycles. The highest BCUT2D eigenvalue weighted by molar-refractivity contribution is 5.86. The van der Waals surface area contributed by atoms with Gasteiger partial charge in [0.2, 0.25) is 5.91 Å². The first kappa shape index (κ1) is 15.5. The van der Waals surface area contributed by atoms with E-state index in [2.05, 4.69) is 38.2 Å². The minimum absolute atomic E-state index is 0.114. The SMILES string of the molecule is CC(C)(C)c1ccc(CNC(=O)C2CCC2C(=O)O)cc1. The van der Waals surface area contributed by atoms with Gasteiger partial charge in [0.1, 0.15) is 0 Å². The van der Waals surface area contributed by atoms with Gasteiger partial charge in [-0.1, -0.05) is 45.0 Å². The maximum absolute atomic E-state index is 12.0. The number of amides is 1. The van der Waals surface area contributed by atoms with Crippen molar-refractivity contribution in [3.8, 4) is 0 Å². The highest BCUT2D eigenvalue weighted by atomic mass is 16.4. The maximum atomic E-state index is 12.0. The van der Waals surface area contributed by atoms with E-state index in [-0.39, 0.29) is 17.2 Å². The van der Waals surface area contributed by atoms with E-state index in [9.17, 15) is 9.59 Å². The number of carbonyl (C=O) groups excluding carboxylic acids is 1. The normalized spacial score (nSPS) is 21.5. The molecular weight excluding hydrogens is 266 g/mol. The van der Waals surface area contributed by atoms with E-state index >= 15 is 0 Å². The van der Waals surface area contributed by atoms with Crippen LogP contribution in [0.1, 0.15) is 44.7 Å². The number of carbonyl (C=O) groups is 2. The van der Waals surface area contributed by atoms with E-state index in [4.69, 9.17) is 5.11 Å². The van der Waals surface area contributed by atoms with Crippen LogP contribution in [0.2, 0.25) is 0 Å². The lowest BCUT2D eigenvalue weighted by molar-refractivity contribution is -0.152. The van der Waals surface area contributed by atoms with Gasteiger partial charge < -0.3 is 10.4 Å². The van der Waals surface area contributed by atoms with Gasteiger partial charge in [0, 0.05) is 6.54 Å². The van der Waals surface area contributed by atoms with Gasteiger partial charge in [-0.05, 0) is 29.4 Å². The van der Waals surface area contributed by atoms with Crippen LogP contribution in [0.25, 0.3) is 0 Å². The molecule has 0 radical (unpaired) electrons. The number of carboxylic acid groups (broad SMARTS) is 1. The number of carboxylic acids is 1. The van der Waals surface area contributed by atoms with Crippen molar-refractivity contribution in [2.45, 2.75) is 45.6 Å². The molecule has 0 aromatic heterocycles. The molecule has 1 aromatic rings. The van der Waals surface area contributed by atoms with Crippen molar-refractivity contribution in [1.82, 2.24) is 5.32 Å². The Bertz CT molecular complexity index is 528.